The lowest BCUT2D eigenvalue weighted by atomic mass is 9.98. The van der Waals surface area contributed by atoms with Crippen LogP contribution in [0.15, 0.2) is 59.7 Å². The summed E-state index contributed by atoms with van der Waals surface area (Å²) >= 11 is 0. The Balaban J connectivity index is 1.49. The Morgan fingerprint density at radius 3 is 2.36 bits per heavy atom. The zero-order chi connectivity index (χ0) is 23.4. The molecule has 0 N–H and O–H groups in total. The summed E-state index contributed by atoms with van der Waals surface area (Å²) in [6.45, 7) is 7.07. The average Bonchev–Trinajstić information content (AvgIpc) is 3.30. The minimum atomic E-state index is -0.102. The van der Waals surface area contributed by atoms with Crippen molar-refractivity contribution in [1.82, 2.24) is 14.8 Å². The van der Waals surface area contributed by atoms with Gasteiger partial charge in [0.2, 0.25) is 0 Å². The molecule has 4 rings (SSSR count). The van der Waals surface area contributed by atoms with Crippen molar-refractivity contribution < 1.29 is 9.53 Å². The number of likely N-dealkylation sites (tertiary alicyclic amines) is 1. The van der Waals surface area contributed by atoms with Gasteiger partial charge in [-0.3, -0.25) is 9.69 Å². The van der Waals surface area contributed by atoms with E-state index in [1.807, 2.05) is 42.5 Å². The van der Waals surface area contributed by atoms with E-state index in [1.54, 1.807) is 12.1 Å². The van der Waals surface area contributed by atoms with Crippen LogP contribution < -0.4 is 4.74 Å². The molecule has 2 heterocycles. The fourth-order valence-electron chi connectivity index (χ4n) is 4.89. The Morgan fingerprint density at radius 1 is 1.09 bits per heavy atom. The molecule has 176 valence electrons. The number of rotatable bonds is 7. The molecular weight excluding hydrogens is 412 g/mol. The number of amides is 1. The number of carbonyl (C=O) groups excluding carboxylic acids is 1. The van der Waals surface area contributed by atoms with E-state index in [2.05, 4.69) is 42.8 Å². The van der Waals surface area contributed by atoms with Crippen LogP contribution in [0, 0.1) is 0 Å². The van der Waals surface area contributed by atoms with Crippen molar-refractivity contribution in [3.8, 4) is 5.75 Å². The third-order valence-electron chi connectivity index (χ3n) is 7.01. The Morgan fingerprint density at radius 2 is 1.76 bits per heavy atom. The van der Waals surface area contributed by atoms with E-state index in [0.29, 0.717) is 25.0 Å². The zero-order valence-electron chi connectivity index (χ0n) is 20.3. The summed E-state index contributed by atoms with van der Waals surface area (Å²) < 4.78 is 5.32. The van der Waals surface area contributed by atoms with Crippen LogP contribution >= 0.6 is 0 Å². The zero-order valence-corrected chi connectivity index (χ0v) is 20.3. The molecule has 2 aromatic rings. The number of nitrogens with zero attached hydrogens (tertiary/aromatic N) is 4. The molecule has 0 aromatic heterocycles. The minimum absolute atomic E-state index is 0.0514. The molecule has 6 nitrogen and oxygen atoms in total. The van der Waals surface area contributed by atoms with Crippen molar-refractivity contribution in [2.45, 2.75) is 51.2 Å². The summed E-state index contributed by atoms with van der Waals surface area (Å²) in [5.41, 5.74) is 3.10. The van der Waals surface area contributed by atoms with Crippen LogP contribution in [-0.2, 0) is 4.79 Å². The molecule has 2 aromatic carbocycles. The molecule has 1 saturated heterocycles. The molecule has 0 aliphatic carbocycles. The molecule has 1 fully saturated rings. The Bertz CT molecular complexity index is 950. The number of methoxy groups -OCH3 is 1. The van der Waals surface area contributed by atoms with Crippen molar-refractivity contribution in [2.24, 2.45) is 5.10 Å². The molecule has 0 saturated carbocycles. The van der Waals surface area contributed by atoms with Gasteiger partial charge >= 0.3 is 0 Å². The van der Waals surface area contributed by atoms with Crippen LogP contribution in [0.2, 0.25) is 0 Å². The largest absolute Gasteiger partial charge is 0.497 e. The molecular formula is C27H36N4O2. The third kappa shape index (κ3) is 5.45. The predicted molar refractivity (Wildman–Crippen MR) is 133 cm³/mol. The highest BCUT2D eigenvalue weighted by Crippen LogP contribution is 2.34. The quantitative estimate of drug-likeness (QED) is 0.638. The van der Waals surface area contributed by atoms with Gasteiger partial charge in [-0.25, -0.2) is 5.01 Å². The molecule has 2 aliphatic heterocycles. The first-order chi connectivity index (χ1) is 16.0. The number of hydrazone groups is 1. The maximum Gasteiger partial charge on any atom is 0.257 e. The standard InChI is InChI=1S/C27H36N4O2/c1-20(2)30-16-14-23(15-17-30)29(3)19-27(32)31-26(22-10-12-24(33-4)13-11-22)18-25(28-31)21-8-6-5-7-9-21/h5-13,20,23,26H,14-19H2,1-4H3. The second-order valence-electron chi connectivity index (χ2n) is 9.42. The maximum absolute atomic E-state index is 13.5. The van der Waals surface area contributed by atoms with Gasteiger partial charge in [0.25, 0.3) is 5.91 Å². The van der Waals surface area contributed by atoms with E-state index in [0.717, 1.165) is 48.5 Å². The van der Waals surface area contributed by atoms with Gasteiger partial charge in [-0.15, -0.1) is 0 Å². The summed E-state index contributed by atoms with van der Waals surface area (Å²) in [7, 11) is 3.74. The number of benzene rings is 2. The van der Waals surface area contributed by atoms with Gasteiger partial charge in [-0.1, -0.05) is 42.5 Å². The molecule has 0 bridgehead atoms. The van der Waals surface area contributed by atoms with Gasteiger partial charge in [0.1, 0.15) is 5.75 Å². The molecule has 2 aliphatic rings. The topological polar surface area (TPSA) is 48.4 Å². The lowest BCUT2D eigenvalue weighted by Gasteiger charge is -2.38. The SMILES string of the molecule is COc1ccc(C2CC(c3ccccc3)=NN2C(=O)CN(C)C2CCN(C(C)C)CC2)cc1. The van der Waals surface area contributed by atoms with E-state index in [4.69, 9.17) is 9.84 Å². The first-order valence-corrected chi connectivity index (χ1v) is 12.0. The van der Waals surface area contributed by atoms with Gasteiger partial charge < -0.3 is 9.64 Å². The summed E-state index contributed by atoms with van der Waals surface area (Å²) in [4.78, 5) is 18.2. The first-order valence-electron chi connectivity index (χ1n) is 12.0. The van der Waals surface area contributed by atoms with Crippen LogP contribution in [0.4, 0.5) is 0 Å². The van der Waals surface area contributed by atoms with Gasteiger partial charge in [0.15, 0.2) is 0 Å². The summed E-state index contributed by atoms with van der Waals surface area (Å²) in [6.07, 6.45) is 2.91. The van der Waals surface area contributed by atoms with Crippen LogP contribution in [0.1, 0.15) is 50.3 Å². The third-order valence-corrected chi connectivity index (χ3v) is 7.01. The lowest BCUT2D eigenvalue weighted by Crippen LogP contribution is -2.48. The number of ether oxygens (including phenoxy) is 1. The molecule has 1 amide bonds. The van der Waals surface area contributed by atoms with Crippen LogP contribution in [-0.4, -0.2) is 72.3 Å². The van der Waals surface area contributed by atoms with Gasteiger partial charge in [0, 0.05) is 18.5 Å². The number of carbonyl (C=O) groups is 1. The van der Waals surface area contributed by atoms with Crippen molar-refractivity contribution in [3.05, 3.63) is 65.7 Å². The molecule has 1 unspecified atom stereocenters. The van der Waals surface area contributed by atoms with Gasteiger partial charge in [-0.05, 0) is 70.1 Å². The Hall–Kier alpha value is -2.70. The van der Waals surface area contributed by atoms with Crippen LogP contribution in [0.3, 0.4) is 0 Å². The monoisotopic (exact) mass is 448 g/mol. The van der Waals surface area contributed by atoms with Crippen LogP contribution in [0.5, 0.6) is 5.75 Å². The molecule has 0 spiro atoms. The molecule has 0 radical (unpaired) electrons. The van der Waals surface area contributed by atoms with Crippen molar-refractivity contribution in [3.63, 3.8) is 0 Å². The van der Waals surface area contributed by atoms with Crippen molar-refractivity contribution >= 4 is 11.6 Å². The Kier molecular flexibility index (Phi) is 7.46. The second kappa shape index (κ2) is 10.5. The lowest BCUT2D eigenvalue weighted by molar-refractivity contribution is -0.134. The van der Waals surface area contributed by atoms with E-state index in [9.17, 15) is 4.79 Å². The minimum Gasteiger partial charge on any atom is -0.497 e. The highest BCUT2D eigenvalue weighted by atomic mass is 16.5. The number of hydrogen-bond acceptors (Lipinski definition) is 5. The summed E-state index contributed by atoms with van der Waals surface area (Å²) in [5.74, 6) is 0.863. The normalized spacial score (nSPS) is 19.9. The smallest absolute Gasteiger partial charge is 0.257 e. The number of likely N-dealkylation sites (N-methyl/N-ethyl adjacent to an activating group) is 1. The fraction of sp³-hybridized carbons (Fsp3) is 0.481. The van der Waals surface area contributed by atoms with Crippen LogP contribution in [0.25, 0.3) is 0 Å². The predicted octanol–water partition coefficient (Wildman–Crippen LogP) is 4.18. The highest BCUT2D eigenvalue weighted by Gasteiger charge is 2.34. The number of piperidine rings is 1. The van der Waals surface area contributed by atoms with Gasteiger partial charge in [0.05, 0.1) is 25.4 Å². The highest BCUT2D eigenvalue weighted by molar-refractivity contribution is 6.03. The molecule has 6 heteroatoms. The maximum atomic E-state index is 13.5. The Labute approximate surface area is 197 Å². The van der Waals surface area contributed by atoms with Crippen molar-refractivity contribution in [1.29, 1.82) is 0 Å². The fourth-order valence-corrected chi connectivity index (χ4v) is 4.89. The summed E-state index contributed by atoms with van der Waals surface area (Å²) in [5, 5.41) is 6.54. The number of hydrogen-bond donors (Lipinski definition) is 0. The van der Waals surface area contributed by atoms with Crippen molar-refractivity contribution in [2.75, 3.05) is 33.8 Å². The van der Waals surface area contributed by atoms with E-state index in [1.165, 1.54) is 0 Å². The first kappa shape index (κ1) is 23.5. The van der Waals surface area contributed by atoms with E-state index in [-0.39, 0.29) is 11.9 Å². The second-order valence-corrected chi connectivity index (χ2v) is 9.42. The van der Waals surface area contributed by atoms with E-state index >= 15 is 0 Å². The average molecular weight is 449 g/mol. The van der Waals surface area contributed by atoms with Gasteiger partial charge in [-0.2, -0.15) is 5.10 Å². The van der Waals surface area contributed by atoms with E-state index < -0.39 is 0 Å². The molecule has 33 heavy (non-hydrogen) atoms. The summed E-state index contributed by atoms with van der Waals surface area (Å²) in [6, 6.07) is 19.1. The molecule has 1 atom stereocenters.